The molecule has 0 aliphatic carbocycles. The molecule has 0 bridgehead atoms. The molecule has 2 N–H and O–H groups in total. The van der Waals surface area contributed by atoms with Crippen molar-refractivity contribution in [1.82, 2.24) is 5.32 Å². The van der Waals surface area contributed by atoms with E-state index in [2.05, 4.69) is 10.6 Å². The molecule has 0 atom stereocenters. The lowest BCUT2D eigenvalue weighted by Crippen LogP contribution is -2.35. The number of piperidine rings is 1. The van der Waals surface area contributed by atoms with Crippen LogP contribution in [0.1, 0.15) is 44.9 Å². The van der Waals surface area contributed by atoms with Gasteiger partial charge in [-0.25, -0.2) is 0 Å². The summed E-state index contributed by atoms with van der Waals surface area (Å²) in [6.45, 7) is 0.958. The van der Waals surface area contributed by atoms with Gasteiger partial charge in [-0.2, -0.15) is 0 Å². The van der Waals surface area contributed by atoms with E-state index < -0.39 is 0 Å². The van der Waals surface area contributed by atoms with Gasteiger partial charge in [-0.3, -0.25) is 14.4 Å². The lowest BCUT2D eigenvalue weighted by atomic mass is 10.1. The molecule has 0 spiro atoms. The molecule has 0 unspecified atom stereocenters. The number of carbonyl (C=O) groups excluding carboxylic acids is 3. The van der Waals surface area contributed by atoms with Crippen molar-refractivity contribution in [3.63, 3.8) is 0 Å². The van der Waals surface area contributed by atoms with Crippen LogP contribution in [0.2, 0.25) is 5.02 Å². The zero-order valence-electron chi connectivity index (χ0n) is 17.3. The molecule has 3 aromatic rings. The van der Waals surface area contributed by atoms with E-state index >= 15 is 0 Å². The van der Waals surface area contributed by atoms with Crippen molar-refractivity contribution >= 4 is 52.0 Å². The van der Waals surface area contributed by atoms with Crippen LogP contribution in [0.3, 0.4) is 0 Å². The number of amides is 3. The highest BCUT2D eigenvalue weighted by atomic mass is 35.5. The van der Waals surface area contributed by atoms with Crippen molar-refractivity contribution in [3.8, 4) is 0 Å². The van der Waals surface area contributed by atoms with Crippen LogP contribution < -0.4 is 15.5 Å². The fourth-order valence-corrected chi connectivity index (χ4v) is 4.63. The van der Waals surface area contributed by atoms with Gasteiger partial charge in [0.1, 0.15) is 4.88 Å². The molecule has 0 radical (unpaired) electrons. The summed E-state index contributed by atoms with van der Waals surface area (Å²) in [5.74, 6) is -0.399. The molecule has 1 fully saturated rings. The molecule has 4 rings (SSSR count). The van der Waals surface area contributed by atoms with Crippen LogP contribution in [0.4, 0.5) is 11.4 Å². The van der Waals surface area contributed by atoms with Crippen molar-refractivity contribution in [3.05, 3.63) is 81.0 Å². The number of hydrogen-bond acceptors (Lipinski definition) is 4. The number of hydrogen-bond donors (Lipinski definition) is 2. The molecule has 2 aromatic carbocycles. The summed E-state index contributed by atoms with van der Waals surface area (Å²) in [6, 6.07) is 16.0. The molecule has 8 heteroatoms. The van der Waals surface area contributed by atoms with E-state index in [1.165, 1.54) is 11.3 Å². The topological polar surface area (TPSA) is 78.5 Å². The van der Waals surface area contributed by atoms with E-state index in [0.717, 1.165) is 24.1 Å². The van der Waals surface area contributed by atoms with Gasteiger partial charge in [-0.1, -0.05) is 29.8 Å². The highest BCUT2D eigenvalue weighted by molar-refractivity contribution is 7.12. The van der Waals surface area contributed by atoms with E-state index in [0.29, 0.717) is 34.1 Å². The standard InChI is InChI=1S/C24H22ClN3O3S/c25-19-12-14-32-22(19)24(31)26-15-17-5-1-2-6-20(17)27-23(30)16-8-10-18(11-9-16)28-13-4-3-7-21(28)29/h1-2,5-6,8-12,14H,3-4,7,13,15H2,(H,26,31)(H,27,30). The molecule has 1 aromatic heterocycles. The van der Waals surface area contributed by atoms with Gasteiger partial charge in [0.15, 0.2) is 0 Å². The Balaban J connectivity index is 1.42. The molecular weight excluding hydrogens is 446 g/mol. The number of para-hydroxylation sites is 1. The Morgan fingerprint density at radius 3 is 2.50 bits per heavy atom. The summed E-state index contributed by atoms with van der Waals surface area (Å²) in [4.78, 5) is 39.5. The summed E-state index contributed by atoms with van der Waals surface area (Å²) in [6.07, 6.45) is 2.48. The zero-order chi connectivity index (χ0) is 22.5. The van der Waals surface area contributed by atoms with Crippen molar-refractivity contribution in [2.45, 2.75) is 25.8 Å². The first-order valence-corrected chi connectivity index (χ1v) is 11.6. The minimum absolute atomic E-state index is 0.119. The largest absolute Gasteiger partial charge is 0.347 e. The van der Waals surface area contributed by atoms with Crippen molar-refractivity contribution in [2.24, 2.45) is 0 Å². The highest BCUT2D eigenvalue weighted by Gasteiger charge is 2.20. The number of halogens is 1. The Hall–Kier alpha value is -3.16. The molecule has 32 heavy (non-hydrogen) atoms. The van der Waals surface area contributed by atoms with Crippen LogP contribution >= 0.6 is 22.9 Å². The molecule has 1 aliphatic rings. The quantitative estimate of drug-likeness (QED) is 0.529. The molecule has 164 valence electrons. The van der Waals surface area contributed by atoms with E-state index in [1.807, 2.05) is 18.2 Å². The monoisotopic (exact) mass is 467 g/mol. The number of rotatable bonds is 6. The van der Waals surface area contributed by atoms with Crippen LogP contribution in [0.5, 0.6) is 0 Å². The maximum absolute atomic E-state index is 12.8. The maximum atomic E-state index is 12.8. The van der Waals surface area contributed by atoms with Crippen LogP contribution in [-0.2, 0) is 11.3 Å². The minimum atomic E-state index is -0.262. The molecule has 1 saturated heterocycles. The van der Waals surface area contributed by atoms with E-state index in [9.17, 15) is 14.4 Å². The molecule has 6 nitrogen and oxygen atoms in total. The van der Waals surface area contributed by atoms with Crippen LogP contribution in [-0.4, -0.2) is 24.3 Å². The minimum Gasteiger partial charge on any atom is -0.347 e. The van der Waals surface area contributed by atoms with E-state index in [-0.39, 0.29) is 24.3 Å². The van der Waals surface area contributed by atoms with Crippen LogP contribution in [0.15, 0.2) is 60.0 Å². The van der Waals surface area contributed by atoms with Gasteiger partial charge >= 0.3 is 0 Å². The molecule has 2 heterocycles. The van der Waals surface area contributed by atoms with Crippen molar-refractivity contribution in [1.29, 1.82) is 0 Å². The second kappa shape index (κ2) is 9.97. The number of nitrogens with zero attached hydrogens (tertiary/aromatic N) is 1. The number of nitrogens with one attached hydrogen (secondary N) is 2. The number of benzene rings is 2. The fourth-order valence-electron chi connectivity index (χ4n) is 3.57. The van der Waals surface area contributed by atoms with Crippen molar-refractivity contribution < 1.29 is 14.4 Å². The summed E-state index contributed by atoms with van der Waals surface area (Å²) in [5.41, 5.74) is 2.69. The zero-order valence-corrected chi connectivity index (χ0v) is 18.8. The third-order valence-electron chi connectivity index (χ3n) is 5.29. The third kappa shape index (κ3) is 5.00. The van der Waals surface area contributed by atoms with E-state index in [4.69, 9.17) is 11.6 Å². The third-order valence-corrected chi connectivity index (χ3v) is 6.63. The van der Waals surface area contributed by atoms with Crippen molar-refractivity contribution in [2.75, 3.05) is 16.8 Å². The van der Waals surface area contributed by atoms with Gasteiger partial charge in [0, 0.05) is 36.4 Å². The van der Waals surface area contributed by atoms with Crippen LogP contribution in [0.25, 0.3) is 0 Å². The van der Waals surface area contributed by atoms with Crippen LogP contribution in [0, 0.1) is 0 Å². The molecule has 0 saturated carbocycles. The number of carbonyl (C=O) groups is 3. The average Bonchev–Trinajstić information content (AvgIpc) is 3.24. The second-order valence-corrected chi connectivity index (χ2v) is 8.76. The lowest BCUT2D eigenvalue weighted by molar-refractivity contribution is -0.119. The Labute approximate surface area is 195 Å². The van der Waals surface area contributed by atoms with E-state index in [1.54, 1.807) is 46.7 Å². The second-order valence-electron chi connectivity index (χ2n) is 7.44. The Morgan fingerprint density at radius 2 is 1.78 bits per heavy atom. The van der Waals surface area contributed by atoms with Gasteiger partial charge in [0.25, 0.3) is 11.8 Å². The first kappa shape index (κ1) is 22.0. The SMILES string of the molecule is O=C(Nc1ccccc1CNC(=O)c1sccc1Cl)c1ccc(N2CCCCC2=O)cc1. The lowest BCUT2D eigenvalue weighted by Gasteiger charge is -2.26. The van der Waals surface area contributed by atoms with Gasteiger partial charge in [-0.05, 0) is 60.2 Å². The normalized spacial score (nSPS) is 13.7. The summed E-state index contributed by atoms with van der Waals surface area (Å²) < 4.78 is 0. The highest BCUT2D eigenvalue weighted by Crippen LogP contribution is 2.24. The predicted molar refractivity (Wildman–Crippen MR) is 128 cm³/mol. The summed E-state index contributed by atoms with van der Waals surface area (Å²) in [5, 5.41) is 7.93. The number of anilines is 2. The Bertz CT molecular complexity index is 1140. The predicted octanol–water partition coefficient (Wildman–Crippen LogP) is 5.10. The molecule has 3 amide bonds. The van der Waals surface area contributed by atoms with Gasteiger partial charge in [-0.15, -0.1) is 11.3 Å². The Kier molecular flexibility index (Phi) is 6.87. The maximum Gasteiger partial charge on any atom is 0.263 e. The summed E-state index contributed by atoms with van der Waals surface area (Å²) >= 11 is 7.30. The molecule has 1 aliphatic heterocycles. The number of thiophene rings is 1. The first-order chi connectivity index (χ1) is 15.5. The average molecular weight is 468 g/mol. The van der Waals surface area contributed by atoms with Gasteiger partial charge in [0.2, 0.25) is 5.91 Å². The smallest absolute Gasteiger partial charge is 0.263 e. The summed E-state index contributed by atoms with van der Waals surface area (Å²) in [7, 11) is 0. The fraction of sp³-hybridized carbons (Fsp3) is 0.208. The Morgan fingerprint density at radius 1 is 1.00 bits per heavy atom. The first-order valence-electron chi connectivity index (χ1n) is 10.3. The van der Waals surface area contributed by atoms with Gasteiger partial charge in [0.05, 0.1) is 5.02 Å². The van der Waals surface area contributed by atoms with Gasteiger partial charge < -0.3 is 15.5 Å². The molecular formula is C24H22ClN3O3S.